The quantitative estimate of drug-likeness (QED) is 0.0624. The standard InChI is InChI=1S/C47H58N2O7S/c1-2-27-53-47-43(57-37-20-9-10-21-37)30-41(49-54-32-34-17-7-4-8-18-34)39-28-35(19-11-13-25-50)38(22-12-14-26-51)44(45(39)47)40-29-36(23-24-42(40)56-47)55-46(52)48-31-33-15-5-3-6-16-33/h2-8,15-18,23-24,28-29,35,37-38,43-45,50-51H,1,9-14,19-22,25-27,30-32H2,(H,48,52). The van der Waals surface area contributed by atoms with Gasteiger partial charge in [-0.2, -0.15) is 0 Å². The minimum Gasteiger partial charge on any atom is -0.460 e. The third kappa shape index (κ3) is 9.79. The molecule has 0 radical (unpaired) electrons. The van der Waals surface area contributed by atoms with Gasteiger partial charge in [0, 0.05) is 42.9 Å². The largest absolute Gasteiger partial charge is 0.460 e. The second kappa shape index (κ2) is 20.1. The maximum atomic E-state index is 13.2. The van der Waals surface area contributed by atoms with E-state index in [4.69, 9.17) is 24.2 Å². The molecule has 9 nitrogen and oxygen atoms in total. The van der Waals surface area contributed by atoms with Gasteiger partial charge >= 0.3 is 6.09 Å². The number of oxime groups is 1. The van der Waals surface area contributed by atoms with Gasteiger partial charge in [-0.25, -0.2) is 4.79 Å². The number of benzene rings is 3. The molecule has 2 saturated carbocycles. The Labute approximate surface area is 341 Å². The van der Waals surface area contributed by atoms with E-state index in [0.29, 0.717) is 43.6 Å². The fourth-order valence-electron chi connectivity index (χ4n) is 9.44. The van der Waals surface area contributed by atoms with E-state index < -0.39 is 11.9 Å². The first-order chi connectivity index (χ1) is 28.0. The minimum absolute atomic E-state index is 0.0823. The number of aliphatic hydroxyl groups excluding tert-OH is 2. The van der Waals surface area contributed by atoms with Crippen molar-refractivity contribution in [3.63, 3.8) is 0 Å². The van der Waals surface area contributed by atoms with Crippen LogP contribution in [0.2, 0.25) is 0 Å². The highest BCUT2D eigenvalue weighted by molar-refractivity contribution is 8.00. The smallest absolute Gasteiger partial charge is 0.412 e. The summed E-state index contributed by atoms with van der Waals surface area (Å²) in [6.45, 7) is 5.37. The number of carbonyl (C=O) groups excluding carboxylic acids is 1. The van der Waals surface area contributed by atoms with Gasteiger partial charge in [0.05, 0.1) is 23.5 Å². The normalized spacial score (nSPS) is 25.8. The molecule has 1 aliphatic heterocycles. The van der Waals surface area contributed by atoms with Crippen LogP contribution in [0, 0.1) is 17.8 Å². The number of carbonyl (C=O) groups is 1. The van der Waals surface area contributed by atoms with Crippen molar-refractivity contribution in [2.24, 2.45) is 22.9 Å². The van der Waals surface area contributed by atoms with Crippen molar-refractivity contribution in [1.29, 1.82) is 0 Å². The third-order valence-corrected chi connectivity index (χ3v) is 13.7. The molecule has 6 atom stereocenters. The SMILES string of the molecule is C=CCOC12Oc3ccc(OC(=O)NCc4ccccc4)cc3C3C(CCCCO)C(CCCCO)C=C(C(=NOCc4ccccc4)CC1SC1CCCC1)C32. The van der Waals surface area contributed by atoms with E-state index in [-0.39, 0.29) is 42.1 Å². The zero-order valence-corrected chi connectivity index (χ0v) is 33.8. The predicted octanol–water partition coefficient (Wildman–Crippen LogP) is 9.48. The highest BCUT2D eigenvalue weighted by Crippen LogP contribution is 2.63. The second-order valence-corrected chi connectivity index (χ2v) is 17.3. The molecule has 57 heavy (non-hydrogen) atoms. The molecule has 3 N–H and O–H groups in total. The molecular weight excluding hydrogens is 737 g/mol. The van der Waals surface area contributed by atoms with E-state index in [1.807, 2.05) is 90.6 Å². The molecule has 3 aromatic carbocycles. The number of amides is 1. The van der Waals surface area contributed by atoms with E-state index in [0.717, 1.165) is 78.7 Å². The number of hydrogen-bond acceptors (Lipinski definition) is 9. The molecule has 0 aromatic heterocycles. The Hall–Kier alpha value is -4.09. The molecule has 304 valence electrons. The number of ether oxygens (including phenoxy) is 3. The highest BCUT2D eigenvalue weighted by Gasteiger charge is 2.64. The van der Waals surface area contributed by atoms with Crippen LogP contribution in [0.4, 0.5) is 4.79 Å². The average molecular weight is 795 g/mol. The Morgan fingerprint density at radius 3 is 2.39 bits per heavy atom. The number of unbranched alkanes of at least 4 members (excludes halogenated alkanes) is 2. The molecule has 0 saturated heterocycles. The van der Waals surface area contributed by atoms with Gasteiger partial charge in [0.25, 0.3) is 0 Å². The van der Waals surface area contributed by atoms with Gasteiger partial charge in [-0.15, -0.1) is 18.3 Å². The summed E-state index contributed by atoms with van der Waals surface area (Å²) in [5, 5.41) is 28.0. The predicted molar refractivity (Wildman–Crippen MR) is 225 cm³/mol. The van der Waals surface area contributed by atoms with Crippen molar-refractivity contribution >= 4 is 23.6 Å². The summed E-state index contributed by atoms with van der Waals surface area (Å²) in [4.78, 5) is 19.4. The van der Waals surface area contributed by atoms with Crippen molar-refractivity contribution in [2.45, 2.75) is 106 Å². The summed E-state index contributed by atoms with van der Waals surface area (Å²) in [6, 6.07) is 25.6. The number of aliphatic hydroxyl groups is 2. The van der Waals surface area contributed by atoms with Crippen LogP contribution in [0.25, 0.3) is 0 Å². The lowest BCUT2D eigenvalue weighted by Gasteiger charge is -2.58. The van der Waals surface area contributed by atoms with Gasteiger partial charge in [-0.1, -0.05) is 104 Å². The van der Waals surface area contributed by atoms with E-state index in [1.54, 1.807) is 6.08 Å². The average Bonchev–Trinajstić information content (AvgIpc) is 3.76. The van der Waals surface area contributed by atoms with Crippen LogP contribution in [0.5, 0.6) is 11.5 Å². The fraction of sp³-hybridized carbons (Fsp3) is 0.489. The van der Waals surface area contributed by atoms with Crippen molar-refractivity contribution < 1.29 is 34.1 Å². The molecule has 3 aromatic rings. The lowest BCUT2D eigenvalue weighted by atomic mass is 9.56. The van der Waals surface area contributed by atoms with Crippen molar-refractivity contribution in [3.05, 3.63) is 120 Å². The molecule has 3 aliphatic carbocycles. The topological polar surface area (TPSA) is 119 Å². The first-order valence-corrected chi connectivity index (χ1v) is 21.9. The van der Waals surface area contributed by atoms with Gasteiger partial charge in [-0.3, -0.25) is 0 Å². The van der Waals surface area contributed by atoms with E-state index in [2.05, 4.69) is 18.0 Å². The second-order valence-electron chi connectivity index (χ2n) is 15.8. The van der Waals surface area contributed by atoms with Crippen molar-refractivity contribution in [2.75, 3.05) is 19.8 Å². The third-order valence-electron chi connectivity index (χ3n) is 12.0. The maximum Gasteiger partial charge on any atom is 0.412 e. The molecule has 1 amide bonds. The zero-order valence-electron chi connectivity index (χ0n) is 32.9. The molecule has 7 rings (SSSR count). The Balaban J connectivity index is 1.32. The van der Waals surface area contributed by atoms with Crippen molar-refractivity contribution in [1.82, 2.24) is 5.32 Å². The van der Waals surface area contributed by atoms with Crippen LogP contribution in [-0.4, -0.2) is 58.1 Å². The summed E-state index contributed by atoms with van der Waals surface area (Å²) >= 11 is 1.98. The number of nitrogens with one attached hydrogen (secondary N) is 1. The van der Waals surface area contributed by atoms with E-state index in [1.165, 1.54) is 12.8 Å². The first-order valence-electron chi connectivity index (χ1n) is 20.9. The van der Waals surface area contributed by atoms with Crippen LogP contribution in [0.15, 0.2) is 108 Å². The van der Waals surface area contributed by atoms with Gasteiger partial charge in [0.1, 0.15) is 18.1 Å². The lowest BCUT2D eigenvalue weighted by Crippen LogP contribution is -2.64. The highest BCUT2D eigenvalue weighted by atomic mass is 32.2. The zero-order chi connectivity index (χ0) is 39.5. The summed E-state index contributed by atoms with van der Waals surface area (Å²) in [6.07, 6.45) is 14.0. The maximum absolute atomic E-state index is 13.2. The van der Waals surface area contributed by atoms with Crippen molar-refractivity contribution in [3.8, 4) is 11.5 Å². The van der Waals surface area contributed by atoms with Gasteiger partial charge in [-0.05, 0) is 85.3 Å². The monoisotopic (exact) mass is 794 g/mol. The van der Waals surface area contributed by atoms with E-state index >= 15 is 0 Å². The number of allylic oxidation sites excluding steroid dienone is 1. The van der Waals surface area contributed by atoms with Gasteiger partial charge in [0.15, 0.2) is 0 Å². The molecule has 1 heterocycles. The molecule has 4 aliphatic rings. The Kier molecular flexibility index (Phi) is 14.5. The first kappa shape index (κ1) is 41.1. The molecule has 0 bridgehead atoms. The lowest BCUT2D eigenvalue weighted by molar-refractivity contribution is -0.223. The van der Waals surface area contributed by atoms with Crippen LogP contribution in [-0.2, 0) is 22.7 Å². The van der Waals surface area contributed by atoms with Crippen LogP contribution < -0.4 is 14.8 Å². The molecular formula is C47H58N2O7S. The minimum atomic E-state index is -1.02. The number of nitrogens with zero attached hydrogens (tertiary/aromatic N) is 1. The summed E-state index contributed by atoms with van der Waals surface area (Å²) in [5.41, 5.74) is 5.03. The molecule has 0 spiro atoms. The summed E-state index contributed by atoms with van der Waals surface area (Å²) in [5.74, 6) is 0.138. The fourth-order valence-corrected chi connectivity index (χ4v) is 11.2. The van der Waals surface area contributed by atoms with Crippen LogP contribution in [0.3, 0.4) is 0 Å². The van der Waals surface area contributed by atoms with E-state index in [9.17, 15) is 15.0 Å². The number of thioether (sulfide) groups is 1. The number of rotatable bonds is 19. The van der Waals surface area contributed by atoms with Gasteiger partial charge < -0.3 is 34.6 Å². The number of fused-ring (bicyclic) bond motifs is 2. The van der Waals surface area contributed by atoms with Crippen LogP contribution >= 0.6 is 11.8 Å². The Morgan fingerprint density at radius 1 is 0.947 bits per heavy atom. The molecule has 6 unspecified atom stereocenters. The van der Waals surface area contributed by atoms with Crippen LogP contribution in [0.1, 0.15) is 93.2 Å². The molecule has 10 heteroatoms. The molecule has 2 fully saturated rings. The number of hydrogen-bond donors (Lipinski definition) is 3. The van der Waals surface area contributed by atoms with Gasteiger partial charge in [0.2, 0.25) is 5.79 Å². The summed E-state index contributed by atoms with van der Waals surface area (Å²) in [7, 11) is 0. The Bertz CT molecular complexity index is 1830. The summed E-state index contributed by atoms with van der Waals surface area (Å²) < 4.78 is 20.4. The Morgan fingerprint density at radius 2 is 1.67 bits per heavy atom.